The molecule has 2 atom stereocenters. The molecule has 1 fully saturated rings. The molecule has 2 unspecified atom stereocenters. The number of carbonyl (C=O) groups is 1. The number of carbonyl (C=O) groups excluding carboxylic acids is 1. The van der Waals surface area contributed by atoms with Gasteiger partial charge in [-0.3, -0.25) is 4.79 Å². The van der Waals surface area contributed by atoms with Gasteiger partial charge in [-0.25, -0.2) is 0 Å². The van der Waals surface area contributed by atoms with Gasteiger partial charge < -0.3 is 5.73 Å². The summed E-state index contributed by atoms with van der Waals surface area (Å²) in [6.45, 7) is 3.82. The zero-order chi connectivity index (χ0) is 12.7. The molecule has 0 amide bonds. The standard InChI is InChI=1S/C15H29NO/c1-12(11-15(16)13(2)17)7-6-10-14-8-4-3-5-9-14/h12,14-15H,3-11,16H2,1-2H3. The summed E-state index contributed by atoms with van der Waals surface area (Å²) in [5, 5.41) is 0. The van der Waals surface area contributed by atoms with Crippen LogP contribution in [0.4, 0.5) is 0 Å². The molecule has 1 saturated carbocycles. The minimum Gasteiger partial charge on any atom is -0.322 e. The Morgan fingerprint density at radius 3 is 2.53 bits per heavy atom. The molecule has 17 heavy (non-hydrogen) atoms. The molecule has 0 bridgehead atoms. The largest absolute Gasteiger partial charge is 0.322 e. The number of Topliss-reactive ketones (excluding diaryl/α,β-unsaturated/α-hetero) is 1. The normalized spacial score (nSPS) is 21.1. The van der Waals surface area contributed by atoms with Gasteiger partial charge >= 0.3 is 0 Å². The first-order chi connectivity index (χ1) is 8.09. The molecule has 0 heterocycles. The molecule has 2 N–H and O–H groups in total. The summed E-state index contributed by atoms with van der Waals surface area (Å²) < 4.78 is 0. The van der Waals surface area contributed by atoms with Crippen LogP contribution in [0.3, 0.4) is 0 Å². The highest BCUT2D eigenvalue weighted by Crippen LogP contribution is 2.28. The van der Waals surface area contributed by atoms with Crippen molar-refractivity contribution in [3.05, 3.63) is 0 Å². The maximum absolute atomic E-state index is 11.1. The molecular weight excluding hydrogens is 210 g/mol. The monoisotopic (exact) mass is 239 g/mol. The van der Waals surface area contributed by atoms with Crippen molar-refractivity contribution in [1.29, 1.82) is 0 Å². The van der Waals surface area contributed by atoms with Crippen LogP contribution in [-0.2, 0) is 4.79 Å². The second kappa shape index (κ2) is 7.86. The molecule has 0 aromatic rings. The minimum atomic E-state index is -0.236. The van der Waals surface area contributed by atoms with Gasteiger partial charge in [0.05, 0.1) is 6.04 Å². The van der Waals surface area contributed by atoms with Crippen LogP contribution in [0.5, 0.6) is 0 Å². The van der Waals surface area contributed by atoms with Crippen molar-refractivity contribution >= 4 is 5.78 Å². The highest BCUT2D eigenvalue weighted by Gasteiger charge is 2.15. The Hall–Kier alpha value is -0.370. The average molecular weight is 239 g/mol. The van der Waals surface area contributed by atoms with Gasteiger partial charge in [0.15, 0.2) is 0 Å². The summed E-state index contributed by atoms with van der Waals surface area (Å²) in [4.78, 5) is 11.1. The van der Waals surface area contributed by atoms with Gasteiger partial charge in [-0.15, -0.1) is 0 Å². The Balaban J connectivity index is 2.06. The predicted molar refractivity (Wildman–Crippen MR) is 72.9 cm³/mol. The lowest BCUT2D eigenvalue weighted by Gasteiger charge is -2.22. The maximum atomic E-state index is 11.1. The zero-order valence-corrected chi connectivity index (χ0v) is 11.6. The maximum Gasteiger partial charge on any atom is 0.146 e. The van der Waals surface area contributed by atoms with Gasteiger partial charge in [0.25, 0.3) is 0 Å². The van der Waals surface area contributed by atoms with Gasteiger partial charge in [0.1, 0.15) is 5.78 Å². The van der Waals surface area contributed by atoms with E-state index in [1.807, 2.05) is 0 Å². The van der Waals surface area contributed by atoms with Gasteiger partial charge in [0, 0.05) is 0 Å². The summed E-state index contributed by atoms with van der Waals surface area (Å²) in [6, 6.07) is -0.236. The van der Waals surface area contributed by atoms with Crippen molar-refractivity contribution in [1.82, 2.24) is 0 Å². The van der Waals surface area contributed by atoms with E-state index in [4.69, 9.17) is 5.73 Å². The average Bonchev–Trinajstić information content (AvgIpc) is 2.30. The second-order valence-corrected chi connectivity index (χ2v) is 5.99. The van der Waals surface area contributed by atoms with Gasteiger partial charge in [-0.2, -0.15) is 0 Å². The number of rotatable bonds is 7. The van der Waals surface area contributed by atoms with Crippen LogP contribution in [0.1, 0.15) is 71.6 Å². The number of ketones is 1. The van der Waals surface area contributed by atoms with Crippen molar-refractivity contribution in [2.24, 2.45) is 17.6 Å². The van der Waals surface area contributed by atoms with Crippen LogP contribution < -0.4 is 5.73 Å². The number of nitrogens with two attached hydrogens (primary N) is 1. The van der Waals surface area contributed by atoms with E-state index in [0.29, 0.717) is 5.92 Å². The number of hydrogen-bond donors (Lipinski definition) is 1. The summed E-state index contributed by atoms with van der Waals surface area (Å²) in [5.74, 6) is 1.71. The lowest BCUT2D eigenvalue weighted by molar-refractivity contribution is -0.118. The van der Waals surface area contributed by atoms with Gasteiger partial charge in [0.2, 0.25) is 0 Å². The van der Waals surface area contributed by atoms with E-state index in [2.05, 4.69) is 6.92 Å². The second-order valence-electron chi connectivity index (χ2n) is 5.99. The molecule has 1 aliphatic carbocycles. The molecule has 2 heteroatoms. The molecule has 0 aromatic heterocycles. The Kier molecular flexibility index (Phi) is 6.79. The minimum absolute atomic E-state index is 0.129. The highest BCUT2D eigenvalue weighted by atomic mass is 16.1. The van der Waals surface area contributed by atoms with E-state index in [1.165, 1.54) is 51.4 Å². The molecule has 1 rings (SSSR count). The fourth-order valence-corrected chi connectivity index (χ4v) is 2.95. The van der Waals surface area contributed by atoms with E-state index >= 15 is 0 Å². The summed E-state index contributed by atoms with van der Waals surface area (Å²) in [5.41, 5.74) is 5.78. The summed E-state index contributed by atoms with van der Waals surface area (Å²) in [7, 11) is 0. The first kappa shape index (κ1) is 14.7. The van der Waals surface area contributed by atoms with Crippen LogP contribution >= 0.6 is 0 Å². The van der Waals surface area contributed by atoms with Gasteiger partial charge in [-0.1, -0.05) is 58.3 Å². The Morgan fingerprint density at radius 1 is 1.29 bits per heavy atom. The Morgan fingerprint density at radius 2 is 1.94 bits per heavy atom. The van der Waals surface area contributed by atoms with Crippen LogP contribution in [0.15, 0.2) is 0 Å². The van der Waals surface area contributed by atoms with E-state index in [-0.39, 0.29) is 11.8 Å². The van der Waals surface area contributed by atoms with E-state index < -0.39 is 0 Å². The highest BCUT2D eigenvalue weighted by molar-refractivity contribution is 5.81. The molecule has 0 aromatic carbocycles. The molecule has 0 saturated heterocycles. The third-order valence-corrected chi connectivity index (χ3v) is 4.21. The smallest absolute Gasteiger partial charge is 0.146 e. The first-order valence-electron chi connectivity index (χ1n) is 7.35. The lowest BCUT2D eigenvalue weighted by Crippen LogP contribution is -2.30. The fraction of sp³-hybridized carbons (Fsp3) is 0.933. The molecule has 2 nitrogen and oxygen atoms in total. The Bertz CT molecular complexity index is 221. The quantitative estimate of drug-likeness (QED) is 0.736. The van der Waals surface area contributed by atoms with Crippen LogP contribution in [0, 0.1) is 11.8 Å². The molecule has 0 spiro atoms. The van der Waals surface area contributed by atoms with Crippen LogP contribution in [-0.4, -0.2) is 11.8 Å². The van der Waals surface area contributed by atoms with Crippen molar-refractivity contribution in [3.8, 4) is 0 Å². The van der Waals surface area contributed by atoms with E-state index in [9.17, 15) is 4.79 Å². The van der Waals surface area contributed by atoms with Crippen LogP contribution in [0.2, 0.25) is 0 Å². The third-order valence-electron chi connectivity index (χ3n) is 4.21. The molecule has 100 valence electrons. The van der Waals surface area contributed by atoms with Crippen molar-refractivity contribution < 1.29 is 4.79 Å². The summed E-state index contributed by atoms with van der Waals surface area (Å²) in [6.07, 6.45) is 12.0. The zero-order valence-electron chi connectivity index (χ0n) is 11.6. The van der Waals surface area contributed by atoms with Crippen molar-refractivity contribution in [2.45, 2.75) is 77.7 Å². The van der Waals surface area contributed by atoms with Gasteiger partial charge in [-0.05, 0) is 25.2 Å². The lowest BCUT2D eigenvalue weighted by atomic mass is 9.84. The predicted octanol–water partition coefficient (Wildman–Crippen LogP) is 3.68. The third kappa shape index (κ3) is 6.21. The Labute approximate surface area is 106 Å². The van der Waals surface area contributed by atoms with Crippen molar-refractivity contribution in [2.75, 3.05) is 0 Å². The van der Waals surface area contributed by atoms with Crippen LogP contribution in [0.25, 0.3) is 0 Å². The molecule has 1 aliphatic rings. The molecule has 0 radical (unpaired) electrons. The van der Waals surface area contributed by atoms with E-state index in [1.54, 1.807) is 6.92 Å². The van der Waals surface area contributed by atoms with Crippen molar-refractivity contribution in [3.63, 3.8) is 0 Å². The number of hydrogen-bond acceptors (Lipinski definition) is 2. The first-order valence-corrected chi connectivity index (χ1v) is 7.35. The SMILES string of the molecule is CC(=O)C(N)CC(C)CCCC1CCCCC1. The fourth-order valence-electron chi connectivity index (χ4n) is 2.95. The van der Waals surface area contributed by atoms with E-state index in [0.717, 1.165) is 12.3 Å². The molecular formula is C15H29NO. The molecule has 0 aliphatic heterocycles. The summed E-state index contributed by atoms with van der Waals surface area (Å²) >= 11 is 0. The topological polar surface area (TPSA) is 43.1 Å².